The molecule has 2 unspecified atom stereocenters. The van der Waals surface area contributed by atoms with E-state index in [1.165, 1.54) is 0 Å². The van der Waals surface area contributed by atoms with Crippen LogP contribution in [0, 0.1) is 11.8 Å². The van der Waals surface area contributed by atoms with Crippen molar-refractivity contribution < 1.29 is 9.59 Å². The molecule has 0 aromatic heterocycles. The van der Waals surface area contributed by atoms with E-state index in [9.17, 15) is 9.59 Å². The van der Waals surface area contributed by atoms with Crippen LogP contribution >= 0.6 is 0 Å². The van der Waals surface area contributed by atoms with Gasteiger partial charge in [-0.2, -0.15) is 0 Å². The van der Waals surface area contributed by atoms with Crippen molar-refractivity contribution in [2.24, 2.45) is 17.6 Å². The van der Waals surface area contributed by atoms with Crippen LogP contribution in [-0.4, -0.2) is 49.1 Å². The zero-order valence-electron chi connectivity index (χ0n) is 12.8. The topological polar surface area (TPSA) is 87.5 Å². The van der Waals surface area contributed by atoms with Gasteiger partial charge in [0.15, 0.2) is 0 Å². The molecule has 3 amide bonds. The van der Waals surface area contributed by atoms with Gasteiger partial charge in [0.25, 0.3) is 0 Å². The van der Waals surface area contributed by atoms with Gasteiger partial charge >= 0.3 is 6.03 Å². The van der Waals surface area contributed by atoms with Crippen molar-refractivity contribution >= 4 is 11.9 Å². The molecule has 4 N–H and O–H groups in total. The van der Waals surface area contributed by atoms with Crippen LogP contribution in [-0.2, 0) is 4.79 Å². The van der Waals surface area contributed by atoms with Gasteiger partial charge in [0.2, 0.25) is 5.91 Å². The third-order valence-electron chi connectivity index (χ3n) is 3.68. The summed E-state index contributed by atoms with van der Waals surface area (Å²) in [6.45, 7) is 8.74. The average molecular weight is 284 g/mol. The second kappa shape index (κ2) is 8.21. The van der Waals surface area contributed by atoms with Crippen molar-refractivity contribution in [3.8, 4) is 0 Å². The van der Waals surface area contributed by atoms with E-state index >= 15 is 0 Å². The fourth-order valence-electron chi connectivity index (χ4n) is 2.32. The van der Waals surface area contributed by atoms with Crippen molar-refractivity contribution in [2.45, 2.75) is 39.7 Å². The van der Waals surface area contributed by atoms with Gasteiger partial charge in [0, 0.05) is 19.1 Å². The highest BCUT2D eigenvalue weighted by Crippen LogP contribution is 2.17. The van der Waals surface area contributed by atoms with E-state index < -0.39 is 6.03 Å². The third-order valence-corrected chi connectivity index (χ3v) is 3.68. The standard InChI is InChI=1S/C14H28N4O2/c1-10(2)4-6-16-14(20)17-13(19)9-18-7-5-12(8-18)11(3)15/h10-12H,4-9,15H2,1-3H3,(H2,16,17,19,20). The predicted molar refractivity (Wildman–Crippen MR) is 79.2 cm³/mol. The molecule has 116 valence electrons. The molecule has 1 saturated heterocycles. The third kappa shape index (κ3) is 6.34. The molecule has 6 nitrogen and oxygen atoms in total. The molecule has 0 saturated carbocycles. The van der Waals surface area contributed by atoms with Crippen LogP contribution in [0.1, 0.15) is 33.6 Å². The number of carbonyl (C=O) groups excluding carboxylic acids is 2. The molecule has 0 radical (unpaired) electrons. The number of nitrogens with one attached hydrogen (secondary N) is 2. The van der Waals surface area contributed by atoms with Crippen molar-refractivity contribution in [1.82, 2.24) is 15.5 Å². The first kappa shape index (κ1) is 16.9. The summed E-state index contributed by atoms with van der Waals surface area (Å²) in [6, 6.07) is -0.249. The molecule has 1 aliphatic heterocycles. The highest BCUT2D eigenvalue weighted by molar-refractivity contribution is 5.95. The molecule has 1 aliphatic rings. The van der Waals surface area contributed by atoms with E-state index in [0.717, 1.165) is 25.9 Å². The van der Waals surface area contributed by atoms with Gasteiger partial charge in [0.05, 0.1) is 6.54 Å². The molecule has 0 aromatic rings. The number of hydrogen-bond acceptors (Lipinski definition) is 4. The Balaban J connectivity index is 2.18. The SMILES string of the molecule is CC(C)CCNC(=O)NC(=O)CN1CCC(C(C)N)C1. The first-order valence-electron chi connectivity index (χ1n) is 7.44. The van der Waals surface area contributed by atoms with Crippen molar-refractivity contribution in [3.05, 3.63) is 0 Å². The number of amides is 3. The monoisotopic (exact) mass is 284 g/mol. The maximum Gasteiger partial charge on any atom is 0.321 e. The van der Waals surface area contributed by atoms with E-state index in [2.05, 4.69) is 24.5 Å². The second-order valence-electron chi connectivity index (χ2n) is 6.13. The van der Waals surface area contributed by atoms with Crippen LogP contribution in [0.4, 0.5) is 4.79 Å². The molecule has 0 bridgehead atoms. The number of carbonyl (C=O) groups is 2. The first-order chi connectivity index (χ1) is 9.38. The second-order valence-corrected chi connectivity index (χ2v) is 6.13. The fraction of sp³-hybridized carbons (Fsp3) is 0.857. The number of nitrogens with two attached hydrogens (primary N) is 1. The fourth-order valence-corrected chi connectivity index (χ4v) is 2.32. The Morgan fingerprint density at radius 1 is 1.35 bits per heavy atom. The first-order valence-corrected chi connectivity index (χ1v) is 7.44. The lowest BCUT2D eigenvalue weighted by Crippen LogP contribution is -2.44. The smallest absolute Gasteiger partial charge is 0.321 e. The summed E-state index contributed by atoms with van der Waals surface area (Å²) in [5.74, 6) is 0.728. The van der Waals surface area contributed by atoms with Gasteiger partial charge in [-0.3, -0.25) is 15.0 Å². The lowest BCUT2D eigenvalue weighted by Gasteiger charge is -2.17. The predicted octanol–water partition coefficient (Wildman–Crippen LogP) is 0.527. The lowest BCUT2D eigenvalue weighted by molar-refractivity contribution is -0.120. The van der Waals surface area contributed by atoms with Gasteiger partial charge in [-0.05, 0) is 38.1 Å². The minimum atomic E-state index is -0.404. The van der Waals surface area contributed by atoms with Crippen molar-refractivity contribution in [3.63, 3.8) is 0 Å². The van der Waals surface area contributed by atoms with Crippen LogP contribution in [0.5, 0.6) is 0 Å². The Morgan fingerprint density at radius 3 is 2.60 bits per heavy atom. The van der Waals surface area contributed by atoms with Crippen molar-refractivity contribution in [1.29, 1.82) is 0 Å². The number of hydrogen-bond donors (Lipinski definition) is 3. The summed E-state index contributed by atoms with van der Waals surface area (Å²) in [7, 11) is 0. The highest BCUT2D eigenvalue weighted by atomic mass is 16.2. The number of likely N-dealkylation sites (tertiary alicyclic amines) is 1. The van der Waals surface area contributed by atoms with Gasteiger partial charge in [-0.25, -0.2) is 4.79 Å². The normalized spacial score (nSPS) is 20.9. The number of imide groups is 1. The van der Waals surface area contributed by atoms with Gasteiger partial charge < -0.3 is 11.1 Å². The van der Waals surface area contributed by atoms with Crippen LogP contribution in [0.15, 0.2) is 0 Å². The van der Waals surface area contributed by atoms with Crippen LogP contribution < -0.4 is 16.4 Å². The maximum atomic E-state index is 11.7. The van der Waals surface area contributed by atoms with E-state index in [1.54, 1.807) is 0 Å². The molecule has 2 atom stereocenters. The zero-order chi connectivity index (χ0) is 15.1. The molecule has 6 heteroatoms. The van der Waals surface area contributed by atoms with Crippen LogP contribution in [0.2, 0.25) is 0 Å². The van der Waals surface area contributed by atoms with E-state index in [4.69, 9.17) is 5.73 Å². The highest BCUT2D eigenvalue weighted by Gasteiger charge is 2.26. The summed E-state index contributed by atoms with van der Waals surface area (Å²) >= 11 is 0. The minimum absolute atomic E-state index is 0.155. The summed E-state index contributed by atoms with van der Waals surface area (Å²) < 4.78 is 0. The molecule has 0 aliphatic carbocycles. The summed E-state index contributed by atoms with van der Waals surface area (Å²) in [6.07, 6.45) is 1.93. The summed E-state index contributed by atoms with van der Waals surface area (Å²) in [5.41, 5.74) is 5.86. The van der Waals surface area contributed by atoms with Gasteiger partial charge in [-0.1, -0.05) is 13.8 Å². The van der Waals surface area contributed by atoms with Gasteiger partial charge in [-0.15, -0.1) is 0 Å². The number of nitrogens with zero attached hydrogens (tertiary/aromatic N) is 1. The van der Waals surface area contributed by atoms with Crippen LogP contribution in [0.3, 0.4) is 0 Å². The molecule has 1 rings (SSSR count). The molecular weight excluding hydrogens is 256 g/mol. The summed E-state index contributed by atoms with van der Waals surface area (Å²) in [5, 5.41) is 5.05. The summed E-state index contributed by atoms with van der Waals surface area (Å²) in [4.78, 5) is 25.3. The average Bonchev–Trinajstić information content (AvgIpc) is 2.76. The molecule has 0 aromatic carbocycles. The zero-order valence-corrected chi connectivity index (χ0v) is 12.8. The molecule has 0 spiro atoms. The molecular formula is C14H28N4O2. The van der Waals surface area contributed by atoms with E-state index in [0.29, 0.717) is 18.4 Å². The molecule has 1 heterocycles. The van der Waals surface area contributed by atoms with E-state index in [1.807, 2.05) is 11.8 Å². The lowest BCUT2D eigenvalue weighted by atomic mass is 10.0. The Morgan fingerprint density at radius 2 is 2.05 bits per heavy atom. The van der Waals surface area contributed by atoms with Crippen LogP contribution in [0.25, 0.3) is 0 Å². The Hall–Kier alpha value is -1.14. The van der Waals surface area contributed by atoms with Gasteiger partial charge in [0.1, 0.15) is 0 Å². The largest absolute Gasteiger partial charge is 0.338 e. The Labute approximate surface area is 121 Å². The van der Waals surface area contributed by atoms with Crippen molar-refractivity contribution in [2.75, 3.05) is 26.2 Å². The Kier molecular flexibility index (Phi) is 6.95. The molecule has 20 heavy (non-hydrogen) atoms. The minimum Gasteiger partial charge on any atom is -0.338 e. The number of rotatable bonds is 6. The molecule has 1 fully saturated rings. The Bertz CT molecular complexity index is 331. The number of urea groups is 1. The quantitative estimate of drug-likeness (QED) is 0.664. The van der Waals surface area contributed by atoms with E-state index in [-0.39, 0.29) is 18.5 Å². The maximum absolute atomic E-state index is 11.7.